The summed E-state index contributed by atoms with van der Waals surface area (Å²) in [6, 6.07) is 1.39. The molecule has 6 heteroatoms. The van der Waals surface area contributed by atoms with Gasteiger partial charge in [0.2, 0.25) is 0 Å². The van der Waals surface area contributed by atoms with Crippen molar-refractivity contribution in [2.24, 2.45) is 0 Å². The van der Waals surface area contributed by atoms with Crippen LogP contribution in [0.2, 0.25) is 5.02 Å². The maximum absolute atomic E-state index is 13.7. The lowest BCUT2D eigenvalue weighted by atomic mass is 10.2. The van der Waals surface area contributed by atoms with Crippen molar-refractivity contribution in [1.82, 2.24) is 9.78 Å². The number of benzene rings is 1. The van der Waals surface area contributed by atoms with Crippen molar-refractivity contribution in [3.63, 3.8) is 0 Å². The van der Waals surface area contributed by atoms with Crippen LogP contribution in [0.15, 0.2) is 12.3 Å². The van der Waals surface area contributed by atoms with Crippen LogP contribution in [0.1, 0.15) is 25.5 Å². The van der Waals surface area contributed by atoms with Gasteiger partial charge in [0.05, 0.1) is 22.1 Å². The molecule has 1 fully saturated rings. The molecule has 1 aliphatic heterocycles. The number of halogens is 3. The summed E-state index contributed by atoms with van der Waals surface area (Å²) in [7, 11) is 0. The summed E-state index contributed by atoms with van der Waals surface area (Å²) in [6.45, 7) is 0.656. The first kappa shape index (κ1) is 11.9. The van der Waals surface area contributed by atoms with E-state index in [9.17, 15) is 8.78 Å². The molecule has 96 valence electrons. The molecule has 0 bridgehead atoms. The second-order valence-corrected chi connectivity index (χ2v) is 4.74. The van der Waals surface area contributed by atoms with E-state index in [1.165, 1.54) is 12.3 Å². The van der Waals surface area contributed by atoms with E-state index in [2.05, 4.69) is 5.10 Å². The number of rotatable bonds is 1. The molecule has 3 nitrogen and oxygen atoms in total. The van der Waals surface area contributed by atoms with E-state index in [0.29, 0.717) is 12.1 Å². The van der Waals surface area contributed by atoms with Crippen molar-refractivity contribution in [2.75, 3.05) is 6.61 Å². The minimum Gasteiger partial charge on any atom is -0.356 e. The molecule has 3 rings (SSSR count). The highest BCUT2D eigenvalue weighted by Crippen LogP contribution is 2.31. The lowest BCUT2D eigenvalue weighted by molar-refractivity contribution is -0.0366. The number of aromatic nitrogens is 2. The second kappa shape index (κ2) is 4.48. The van der Waals surface area contributed by atoms with Gasteiger partial charge in [-0.3, -0.25) is 0 Å². The summed E-state index contributed by atoms with van der Waals surface area (Å²) in [5.41, 5.74) is 0.464. The number of fused-ring (bicyclic) bond motifs is 1. The third-order valence-corrected chi connectivity index (χ3v) is 3.44. The predicted molar refractivity (Wildman–Crippen MR) is 63.5 cm³/mol. The molecule has 1 aromatic heterocycles. The monoisotopic (exact) mass is 272 g/mol. The van der Waals surface area contributed by atoms with Crippen LogP contribution >= 0.6 is 11.6 Å². The maximum Gasteiger partial charge on any atom is 0.178 e. The number of nitrogens with zero attached hydrogens (tertiary/aromatic N) is 2. The average Bonchev–Trinajstić information content (AvgIpc) is 2.81. The molecule has 0 N–H and O–H groups in total. The van der Waals surface area contributed by atoms with Crippen LogP contribution in [0.25, 0.3) is 10.9 Å². The lowest BCUT2D eigenvalue weighted by Crippen LogP contribution is -2.19. The van der Waals surface area contributed by atoms with Crippen LogP contribution in [0, 0.1) is 11.6 Å². The Hall–Kier alpha value is -1.20. The fourth-order valence-corrected chi connectivity index (χ4v) is 2.42. The highest BCUT2D eigenvalue weighted by molar-refractivity contribution is 6.31. The highest BCUT2D eigenvalue weighted by atomic mass is 35.5. The van der Waals surface area contributed by atoms with Gasteiger partial charge in [0, 0.05) is 6.61 Å². The van der Waals surface area contributed by atoms with Crippen LogP contribution in [-0.2, 0) is 4.74 Å². The van der Waals surface area contributed by atoms with Crippen LogP contribution in [0.3, 0.4) is 0 Å². The number of ether oxygens (including phenoxy) is 1. The summed E-state index contributed by atoms with van der Waals surface area (Å²) in [6.07, 6.45) is 3.94. The molecule has 18 heavy (non-hydrogen) atoms. The summed E-state index contributed by atoms with van der Waals surface area (Å²) in [4.78, 5) is 0. The summed E-state index contributed by atoms with van der Waals surface area (Å²) < 4.78 is 34.2. The van der Waals surface area contributed by atoms with Gasteiger partial charge < -0.3 is 4.74 Å². The summed E-state index contributed by atoms with van der Waals surface area (Å²) in [5, 5.41) is 3.98. The molecule has 1 aromatic carbocycles. The van der Waals surface area contributed by atoms with E-state index in [-0.39, 0.29) is 16.6 Å². The Balaban J connectivity index is 2.13. The Morgan fingerprint density at radius 1 is 1.33 bits per heavy atom. The standard InChI is InChI=1S/C12H11ClF2N2O/c13-8-5-9-7(11(14)12(8)15)6-16-17(9)10-3-1-2-4-18-10/h5-6,10H,1-4H2. The van der Waals surface area contributed by atoms with Crippen molar-refractivity contribution < 1.29 is 13.5 Å². The van der Waals surface area contributed by atoms with Gasteiger partial charge in [-0.1, -0.05) is 11.6 Å². The minimum absolute atomic E-state index is 0.131. The van der Waals surface area contributed by atoms with Crippen LogP contribution in [-0.4, -0.2) is 16.4 Å². The van der Waals surface area contributed by atoms with Gasteiger partial charge in [-0.25, -0.2) is 13.5 Å². The van der Waals surface area contributed by atoms with E-state index in [1.54, 1.807) is 4.68 Å². The summed E-state index contributed by atoms with van der Waals surface area (Å²) in [5.74, 6) is -1.99. The fourth-order valence-electron chi connectivity index (χ4n) is 2.24. The zero-order chi connectivity index (χ0) is 12.7. The molecule has 0 spiro atoms. The molecule has 2 heterocycles. The largest absolute Gasteiger partial charge is 0.356 e. The molecular weight excluding hydrogens is 262 g/mol. The van der Waals surface area contributed by atoms with Gasteiger partial charge in [-0.2, -0.15) is 5.10 Å². The Labute approximate surface area is 107 Å². The first-order valence-electron chi connectivity index (χ1n) is 5.81. The Kier molecular flexibility index (Phi) is 2.95. The molecule has 2 aromatic rings. The van der Waals surface area contributed by atoms with Crippen molar-refractivity contribution in [3.05, 3.63) is 28.9 Å². The van der Waals surface area contributed by atoms with Crippen LogP contribution < -0.4 is 0 Å². The molecular formula is C12H11ClF2N2O. The number of hydrogen-bond acceptors (Lipinski definition) is 2. The average molecular weight is 273 g/mol. The lowest BCUT2D eigenvalue weighted by Gasteiger charge is -2.23. The zero-order valence-corrected chi connectivity index (χ0v) is 10.3. The Bertz CT molecular complexity index is 593. The van der Waals surface area contributed by atoms with Crippen molar-refractivity contribution in [2.45, 2.75) is 25.5 Å². The van der Waals surface area contributed by atoms with E-state index in [0.717, 1.165) is 19.3 Å². The quantitative estimate of drug-likeness (QED) is 0.741. The minimum atomic E-state index is -1.03. The topological polar surface area (TPSA) is 27.1 Å². The molecule has 1 atom stereocenters. The van der Waals surface area contributed by atoms with Gasteiger partial charge >= 0.3 is 0 Å². The molecule has 1 aliphatic rings. The van der Waals surface area contributed by atoms with Crippen LogP contribution in [0.5, 0.6) is 0 Å². The van der Waals surface area contributed by atoms with Gasteiger partial charge in [-0.05, 0) is 25.3 Å². The third-order valence-electron chi connectivity index (χ3n) is 3.16. The third kappa shape index (κ3) is 1.78. The van der Waals surface area contributed by atoms with Gasteiger partial charge in [-0.15, -0.1) is 0 Å². The zero-order valence-electron chi connectivity index (χ0n) is 9.50. The molecule has 1 saturated heterocycles. The second-order valence-electron chi connectivity index (χ2n) is 4.33. The predicted octanol–water partition coefficient (Wildman–Crippen LogP) is 3.67. The first-order chi connectivity index (χ1) is 8.68. The highest BCUT2D eigenvalue weighted by Gasteiger charge is 2.22. The van der Waals surface area contributed by atoms with Gasteiger partial charge in [0.25, 0.3) is 0 Å². The molecule has 0 radical (unpaired) electrons. The fraction of sp³-hybridized carbons (Fsp3) is 0.417. The smallest absolute Gasteiger partial charge is 0.178 e. The van der Waals surface area contributed by atoms with E-state index in [4.69, 9.17) is 16.3 Å². The SMILES string of the molecule is Fc1c(Cl)cc2c(cnn2C2CCCCO2)c1F. The van der Waals surface area contributed by atoms with Crippen molar-refractivity contribution in [3.8, 4) is 0 Å². The van der Waals surface area contributed by atoms with E-state index < -0.39 is 11.6 Å². The van der Waals surface area contributed by atoms with E-state index >= 15 is 0 Å². The first-order valence-corrected chi connectivity index (χ1v) is 6.18. The van der Waals surface area contributed by atoms with Gasteiger partial charge in [0.15, 0.2) is 17.9 Å². The molecule has 0 amide bonds. The molecule has 1 unspecified atom stereocenters. The Morgan fingerprint density at radius 2 is 2.17 bits per heavy atom. The van der Waals surface area contributed by atoms with Crippen LogP contribution in [0.4, 0.5) is 8.78 Å². The van der Waals surface area contributed by atoms with Gasteiger partial charge in [0.1, 0.15) is 0 Å². The number of hydrogen-bond donors (Lipinski definition) is 0. The van der Waals surface area contributed by atoms with Crippen molar-refractivity contribution in [1.29, 1.82) is 0 Å². The Morgan fingerprint density at radius 3 is 2.89 bits per heavy atom. The van der Waals surface area contributed by atoms with E-state index in [1.807, 2.05) is 0 Å². The van der Waals surface area contributed by atoms with Crippen molar-refractivity contribution >= 4 is 22.5 Å². The normalized spacial score (nSPS) is 20.5. The maximum atomic E-state index is 13.7. The molecule has 0 aliphatic carbocycles. The molecule has 0 saturated carbocycles. The summed E-state index contributed by atoms with van der Waals surface area (Å²) >= 11 is 5.66.